The summed E-state index contributed by atoms with van der Waals surface area (Å²) in [5.74, 6) is 0.892. The van der Waals surface area contributed by atoms with Crippen molar-refractivity contribution in [1.82, 2.24) is 10.2 Å². The summed E-state index contributed by atoms with van der Waals surface area (Å²) in [4.78, 5) is 0. The van der Waals surface area contributed by atoms with Gasteiger partial charge in [0.1, 0.15) is 5.03 Å². The second kappa shape index (κ2) is 4.45. The van der Waals surface area contributed by atoms with Gasteiger partial charge in [-0.3, -0.25) is 0 Å². The van der Waals surface area contributed by atoms with Crippen molar-refractivity contribution in [2.45, 2.75) is 11.9 Å². The SMILES string of the molecule is C=C(C)CSc1nncc2ccccc12. The van der Waals surface area contributed by atoms with Gasteiger partial charge >= 0.3 is 0 Å². The third-order valence-electron chi connectivity index (χ3n) is 1.99. The molecule has 1 aromatic carbocycles. The molecule has 2 nitrogen and oxygen atoms in total. The Balaban J connectivity index is 2.38. The molecule has 0 amide bonds. The summed E-state index contributed by atoms with van der Waals surface area (Å²) < 4.78 is 0. The quantitative estimate of drug-likeness (QED) is 0.581. The van der Waals surface area contributed by atoms with Crippen molar-refractivity contribution in [3.8, 4) is 0 Å². The molecule has 0 aliphatic heterocycles. The number of benzene rings is 1. The Morgan fingerprint density at radius 3 is 3.00 bits per heavy atom. The minimum absolute atomic E-state index is 0.892. The summed E-state index contributed by atoms with van der Waals surface area (Å²) in [5, 5.41) is 11.4. The molecule has 0 saturated carbocycles. The van der Waals surface area contributed by atoms with Crippen LogP contribution in [-0.4, -0.2) is 16.0 Å². The average Bonchev–Trinajstić information content (AvgIpc) is 2.26. The summed E-state index contributed by atoms with van der Waals surface area (Å²) in [6.07, 6.45) is 1.79. The van der Waals surface area contributed by atoms with Gasteiger partial charge in [0.25, 0.3) is 0 Å². The van der Waals surface area contributed by atoms with Gasteiger partial charge in [0.2, 0.25) is 0 Å². The number of aromatic nitrogens is 2. The van der Waals surface area contributed by atoms with Crippen LogP contribution in [0.1, 0.15) is 6.92 Å². The van der Waals surface area contributed by atoms with E-state index < -0.39 is 0 Å². The van der Waals surface area contributed by atoms with E-state index in [-0.39, 0.29) is 0 Å². The number of thioether (sulfide) groups is 1. The summed E-state index contributed by atoms with van der Waals surface area (Å²) in [6, 6.07) is 8.16. The molecule has 1 heterocycles. The molecule has 0 fully saturated rings. The number of hydrogen-bond donors (Lipinski definition) is 0. The topological polar surface area (TPSA) is 25.8 Å². The molecule has 0 saturated heterocycles. The first-order valence-electron chi connectivity index (χ1n) is 4.75. The largest absolute Gasteiger partial charge is 0.157 e. The van der Waals surface area contributed by atoms with Gasteiger partial charge in [0.15, 0.2) is 0 Å². The van der Waals surface area contributed by atoms with Crippen molar-refractivity contribution in [3.63, 3.8) is 0 Å². The van der Waals surface area contributed by atoms with Gasteiger partial charge in [0, 0.05) is 16.5 Å². The van der Waals surface area contributed by atoms with Gasteiger partial charge in [0.05, 0.1) is 6.20 Å². The lowest BCUT2D eigenvalue weighted by atomic mass is 10.2. The molecular weight excluding hydrogens is 204 g/mol. The Kier molecular flexibility index (Phi) is 3.02. The van der Waals surface area contributed by atoms with Crippen LogP contribution in [0.4, 0.5) is 0 Å². The van der Waals surface area contributed by atoms with Crippen LogP contribution in [0.3, 0.4) is 0 Å². The number of hydrogen-bond acceptors (Lipinski definition) is 3. The Morgan fingerprint density at radius 1 is 1.40 bits per heavy atom. The van der Waals surface area contributed by atoms with Gasteiger partial charge < -0.3 is 0 Å². The summed E-state index contributed by atoms with van der Waals surface area (Å²) >= 11 is 1.68. The molecule has 2 aromatic rings. The van der Waals surface area contributed by atoms with E-state index in [1.807, 2.05) is 19.1 Å². The zero-order valence-corrected chi connectivity index (χ0v) is 9.42. The predicted octanol–water partition coefficient (Wildman–Crippen LogP) is 3.30. The molecule has 15 heavy (non-hydrogen) atoms. The van der Waals surface area contributed by atoms with Crippen molar-refractivity contribution >= 4 is 22.5 Å². The van der Waals surface area contributed by atoms with Crippen molar-refractivity contribution < 1.29 is 0 Å². The second-order valence-corrected chi connectivity index (χ2v) is 4.45. The van der Waals surface area contributed by atoms with Crippen LogP contribution in [-0.2, 0) is 0 Å². The van der Waals surface area contributed by atoms with E-state index in [4.69, 9.17) is 0 Å². The van der Waals surface area contributed by atoms with Crippen LogP contribution in [0.15, 0.2) is 47.6 Å². The second-order valence-electron chi connectivity index (χ2n) is 3.48. The van der Waals surface area contributed by atoms with Crippen molar-refractivity contribution in [2.75, 3.05) is 5.75 Å². The Labute approximate surface area is 93.4 Å². The molecule has 0 unspecified atom stereocenters. The van der Waals surface area contributed by atoms with Crippen molar-refractivity contribution in [2.24, 2.45) is 0 Å². The zero-order valence-electron chi connectivity index (χ0n) is 8.60. The van der Waals surface area contributed by atoms with Crippen LogP contribution in [0, 0.1) is 0 Å². The Bertz CT molecular complexity index is 488. The number of rotatable bonds is 3. The van der Waals surface area contributed by atoms with Gasteiger partial charge in [-0.2, -0.15) is 5.10 Å². The van der Waals surface area contributed by atoms with Gasteiger partial charge in [-0.1, -0.05) is 48.2 Å². The zero-order chi connectivity index (χ0) is 10.7. The van der Waals surface area contributed by atoms with Gasteiger partial charge in [-0.15, -0.1) is 5.10 Å². The molecule has 0 radical (unpaired) electrons. The highest BCUT2D eigenvalue weighted by molar-refractivity contribution is 7.99. The van der Waals surface area contributed by atoms with E-state index in [1.54, 1.807) is 18.0 Å². The molecule has 0 aliphatic carbocycles. The minimum atomic E-state index is 0.892. The number of fused-ring (bicyclic) bond motifs is 1. The van der Waals surface area contributed by atoms with E-state index in [9.17, 15) is 0 Å². The van der Waals surface area contributed by atoms with Crippen LogP contribution < -0.4 is 0 Å². The molecule has 2 rings (SSSR count). The normalized spacial score (nSPS) is 10.5. The lowest BCUT2D eigenvalue weighted by molar-refractivity contribution is 0.956. The van der Waals surface area contributed by atoms with Crippen LogP contribution >= 0.6 is 11.8 Å². The monoisotopic (exact) mass is 216 g/mol. The maximum absolute atomic E-state index is 4.15. The fraction of sp³-hybridized carbons (Fsp3) is 0.167. The maximum atomic E-state index is 4.15. The van der Waals surface area contributed by atoms with Crippen LogP contribution in [0.25, 0.3) is 10.8 Å². The van der Waals surface area contributed by atoms with E-state index in [0.717, 1.165) is 21.7 Å². The molecule has 1 aromatic heterocycles. The van der Waals surface area contributed by atoms with Gasteiger partial charge in [-0.25, -0.2) is 0 Å². The third kappa shape index (κ3) is 2.36. The fourth-order valence-electron chi connectivity index (χ4n) is 1.30. The predicted molar refractivity (Wildman–Crippen MR) is 65.1 cm³/mol. The minimum Gasteiger partial charge on any atom is -0.157 e. The molecular formula is C12H12N2S. The average molecular weight is 216 g/mol. The highest BCUT2D eigenvalue weighted by Crippen LogP contribution is 2.25. The summed E-state index contributed by atoms with van der Waals surface area (Å²) in [7, 11) is 0. The molecule has 0 spiro atoms. The van der Waals surface area contributed by atoms with Crippen molar-refractivity contribution in [1.29, 1.82) is 0 Å². The lowest BCUT2D eigenvalue weighted by Crippen LogP contribution is -1.88. The fourth-order valence-corrected chi connectivity index (χ4v) is 2.13. The van der Waals surface area contributed by atoms with E-state index >= 15 is 0 Å². The van der Waals surface area contributed by atoms with E-state index in [1.165, 1.54) is 5.39 Å². The molecule has 0 aliphatic rings. The first-order chi connectivity index (χ1) is 7.27. The summed E-state index contributed by atoms with van der Waals surface area (Å²) in [6.45, 7) is 5.90. The first-order valence-corrected chi connectivity index (χ1v) is 5.73. The highest BCUT2D eigenvalue weighted by Gasteiger charge is 2.02. The highest BCUT2D eigenvalue weighted by atomic mass is 32.2. The molecule has 0 atom stereocenters. The molecule has 76 valence electrons. The Morgan fingerprint density at radius 2 is 2.20 bits per heavy atom. The van der Waals surface area contributed by atoms with Crippen LogP contribution in [0.2, 0.25) is 0 Å². The Hall–Kier alpha value is -1.35. The lowest BCUT2D eigenvalue weighted by Gasteiger charge is -2.03. The van der Waals surface area contributed by atoms with Crippen LogP contribution in [0.5, 0.6) is 0 Å². The first kappa shape index (κ1) is 10.2. The van der Waals surface area contributed by atoms with E-state index in [2.05, 4.69) is 28.9 Å². The molecule has 0 bridgehead atoms. The van der Waals surface area contributed by atoms with Gasteiger partial charge in [-0.05, 0) is 6.92 Å². The summed E-state index contributed by atoms with van der Waals surface area (Å²) in [5.41, 5.74) is 1.15. The van der Waals surface area contributed by atoms with Crippen molar-refractivity contribution in [3.05, 3.63) is 42.6 Å². The third-order valence-corrected chi connectivity index (χ3v) is 3.20. The standard InChI is InChI=1S/C12H12N2S/c1-9(2)8-15-12-11-6-4-3-5-10(11)7-13-14-12/h3-7H,1,8H2,2H3. The smallest absolute Gasteiger partial charge is 0.127 e. The molecule has 0 N–H and O–H groups in total. The number of nitrogens with zero attached hydrogens (tertiary/aromatic N) is 2. The van der Waals surface area contributed by atoms with E-state index in [0.29, 0.717) is 0 Å². The molecule has 3 heteroatoms. The maximum Gasteiger partial charge on any atom is 0.127 e.